The number of rotatable bonds is 9. The Kier molecular flexibility index (Phi) is 18.6. The van der Waals surface area contributed by atoms with Crippen molar-refractivity contribution >= 4 is 46.6 Å². The van der Waals surface area contributed by atoms with Crippen molar-refractivity contribution < 1.29 is 57.2 Å². The number of amides is 1. The molecule has 14 nitrogen and oxygen atoms in total. The normalized spacial score (nSPS) is 14.4. The predicted octanol–water partition coefficient (Wildman–Crippen LogP) is 0.401. The molecule has 2 aliphatic heterocycles. The third-order valence-corrected chi connectivity index (χ3v) is 4.76. The topological polar surface area (TPSA) is 196 Å². The Bertz CT molecular complexity index is 945. The summed E-state index contributed by atoms with van der Waals surface area (Å²) in [5, 5.41) is 1.79. The summed E-state index contributed by atoms with van der Waals surface area (Å²) in [6.45, 7) is 5.51. The highest BCUT2D eigenvalue weighted by Crippen LogP contribution is 2.16. The van der Waals surface area contributed by atoms with Crippen LogP contribution in [0.25, 0.3) is 0 Å². The van der Waals surface area contributed by atoms with Crippen LogP contribution in [0.4, 0.5) is 0 Å². The highest BCUT2D eigenvalue weighted by Gasteiger charge is 2.23. The van der Waals surface area contributed by atoms with E-state index in [1.165, 1.54) is 14.2 Å². The smallest absolute Gasteiger partial charge is 0.335 e. The Hall–Kier alpha value is -3.49. The van der Waals surface area contributed by atoms with Crippen molar-refractivity contribution in [3.63, 3.8) is 0 Å². The molecule has 0 aromatic heterocycles. The number of hydrogen-bond acceptors (Lipinski definition) is 13. The Morgan fingerprint density at radius 3 is 1.77 bits per heavy atom. The first kappa shape index (κ1) is 35.5. The molecule has 0 aliphatic carbocycles. The molecule has 0 saturated carbocycles. The molecule has 0 radical (unpaired) electrons. The summed E-state index contributed by atoms with van der Waals surface area (Å²) >= 11 is 4.81. The second kappa shape index (κ2) is 20.5. The second-order valence-electron chi connectivity index (χ2n) is 7.42. The van der Waals surface area contributed by atoms with Gasteiger partial charge in [0.15, 0.2) is 0 Å². The molecular formula is C24H35ClN2O12. The summed E-state index contributed by atoms with van der Waals surface area (Å²) in [6.07, 6.45) is 0.172. The first-order chi connectivity index (χ1) is 18.5. The van der Waals surface area contributed by atoms with Gasteiger partial charge < -0.3 is 39.5 Å². The minimum Gasteiger partial charge on any atom is -0.469 e. The van der Waals surface area contributed by atoms with E-state index in [1.807, 2.05) is 0 Å². The van der Waals surface area contributed by atoms with Crippen LogP contribution in [0.15, 0.2) is 22.5 Å². The first-order valence-corrected chi connectivity index (χ1v) is 12.2. The summed E-state index contributed by atoms with van der Waals surface area (Å²) < 4.78 is 28.4. The van der Waals surface area contributed by atoms with Crippen molar-refractivity contribution in [1.82, 2.24) is 5.32 Å². The lowest BCUT2D eigenvalue weighted by Gasteiger charge is -2.20. The van der Waals surface area contributed by atoms with Crippen LogP contribution in [0.1, 0.15) is 39.5 Å². The average Bonchev–Trinajstić information content (AvgIpc) is 2.89. The lowest BCUT2D eigenvalue weighted by Crippen LogP contribution is -2.32. The number of esters is 4. The number of nitrogens with one attached hydrogen (secondary N) is 1. The average molecular weight is 579 g/mol. The molecule has 3 N–H and O–H groups in total. The quantitative estimate of drug-likeness (QED) is 0.165. The molecule has 220 valence electrons. The molecule has 15 heteroatoms. The van der Waals surface area contributed by atoms with Crippen LogP contribution in [0.3, 0.4) is 0 Å². The Balaban J connectivity index is 0.000000616. The fourth-order valence-electron chi connectivity index (χ4n) is 2.80. The summed E-state index contributed by atoms with van der Waals surface area (Å²) in [4.78, 5) is 65.4. The highest BCUT2D eigenvalue weighted by molar-refractivity contribution is 6.64. The van der Waals surface area contributed by atoms with Gasteiger partial charge in [-0.1, -0.05) is 0 Å². The maximum atomic E-state index is 11.7. The van der Waals surface area contributed by atoms with Crippen molar-refractivity contribution in [1.29, 1.82) is 0 Å². The number of carbonyl (C=O) groups excluding carboxylic acids is 6. The zero-order chi connectivity index (χ0) is 29.8. The van der Waals surface area contributed by atoms with E-state index in [0.29, 0.717) is 61.8 Å². The minimum absolute atomic E-state index is 0.112. The van der Waals surface area contributed by atoms with Crippen LogP contribution in [0.2, 0.25) is 0 Å². The molecule has 2 rings (SSSR count). The molecule has 1 amide bonds. The maximum absolute atomic E-state index is 11.7. The van der Waals surface area contributed by atoms with Gasteiger partial charge in [0, 0.05) is 18.5 Å². The molecule has 0 spiro atoms. The first-order valence-electron chi connectivity index (χ1n) is 11.8. The van der Waals surface area contributed by atoms with Gasteiger partial charge in [-0.3, -0.25) is 19.2 Å². The molecular weight excluding hydrogens is 544 g/mol. The standard InChI is InChI=1S/C12H17NO6.C8H13NO3.C4H5ClO3/c1-3-19-12(16)8-4-5-18-7-9(8)13-10(14)6-11(15)17-2;1-2-12-8(10)6-3-4-11-5-7(6)9;1-8-4(7)2-3(5)6/h3-7H2,1-2H3,(H,13,14);2-5,9H2,1H3;2H2,1H3. The van der Waals surface area contributed by atoms with E-state index in [1.54, 1.807) is 13.8 Å². The van der Waals surface area contributed by atoms with Crippen molar-refractivity contribution in [2.24, 2.45) is 5.73 Å². The molecule has 0 atom stereocenters. The summed E-state index contributed by atoms with van der Waals surface area (Å²) in [5.41, 5.74) is 7.36. The van der Waals surface area contributed by atoms with Gasteiger partial charge in [-0.15, -0.1) is 0 Å². The largest absolute Gasteiger partial charge is 0.469 e. The summed E-state index contributed by atoms with van der Waals surface area (Å²) in [7, 11) is 2.39. The summed E-state index contributed by atoms with van der Waals surface area (Å²) in [6, 6.07) is 0. The van der Waals surface area contributed by atoms with Crippen LogP contribution >= 0.6 is 11.6 Å². The van der Waals surface area contributed by atoms with Gasteiger partial charge in [0.2, 0.25) is 11.1 Å². The molecule has 2 aliphatic rings. The highest BCUT2D eigenvalue weighted by atomic mass is 35.5. The van der Waals surface area contributed by atoms with E-state index >= 15 is 0 Å². The van der Waals surface area contributed by atoms with Gasteiger partial charge >= 0.3 is 23.9 Å². The van der Waals surface area contributed by atoms with Gasteiger partial charge in [0.25, 0.3) is 0 Å². The number of hydrogen-bond donors (Lipinski definition) is 2. The van der Waals surface area contributed by atoms with E-state index in [-0.39, 0.29) is 25.6 Å². The molecule has 2 heterocycles. The monoisotopic (exact) mass is 578 g/mol. The predicted molar refractivity (Wildman–Crippen MR) is 135 cm³/mol. The van der Waals surface area contributed by atoms with Gasteiger partial charge in [0.1, 0.15) is 12.8 Å². The third kappa shape index (κ3) is 15.5. The van der Waals surface area contributed by atoms with Crippen LogP contribution in [-0.2, 0) is 57.2 Å². The van der Waals surface area contributed by atoms with Crippen LogP contribution in [-0.4, -0.2) is 88.9 Å². The Labute approximate surface area is 231 Å². The van der Waals surface area contributed by atoms with Gasteiger partial charge in [0.05, 0.1) is 70.7 Å². The number of nitrogens with two attached hydrogens (primary N) is 1. The van der Waals surface area contributed by atoms with Crippen molar-refractivity contribution in [3.8, 4) is 0 Å². The van der Waals surface area contributed by atoms with E-state index < -0.39 is 35.5 Å². The molecule has 0 fully saturated rings. The van der Waals surface area contributed by atoms with E-state index in [2.05, 4.69) is 14.8 Å². The fraction of sp³-hybridized carbons (Fsp3) is 0.583. The van der Waals surface area contributed by atoms with Crippen LogP contribution in [0.5, 0.6) is 0 Å². The third-order valence-electron chi connectivity index (χ3n) is 4.63. The molecule has 0 aromatic carbocycles. The molecule has 39 heavy (non-hydrogen) atoms. The lowest BCUT2D eigenvalue weighted by molar-refractivity contribution is -0.144. The zero-order valence-electron chi connectivity index (χ0n) is 22.4. The molecule has 0 saturated heterocycles. The summed E-state index contributed by atoms with van der Waals surface area (Å²) in [5.74, 6) is -2.58. The van der Waals surface area contributed by atoms with Crippen molar-refractivity contribution in [2.75, 3.05) is 53.9 Å². The second-order valence-corrected chi connectivity index (χ2v) is 7.84. The number of halogens is 1. The Morgan fingerprint density at radius 1 is 0.821 bits per heavy atom. The maximum Gasteiger partial charge on any atom is 0.335 e. The fourth-order valence-corrected chi connectivity index (χ4v) is 2.91. The van der Waals surface area contributed by atoms with Crippen LogP contribution < -0.4 is 11.1 Å². The van der Waals surface area contributed by atoms with Gasteiger partial charge in [-0.25, -0.2) is 9.59 Å². The van der Waals surface area contributed by atoms with E-state index in [0.717, 1.165) is 0 Å². The van der Waals surface area contributed by atoms with Crippen molar-refractivity contribution in [2.45, 2.75) is 39.5 Å². The lowest BCUT2D eigenvalue weighted by atomic mass is 10.1. The number of carbonyl (C=O) groups is 6. The van der Waals surface area contributed by atoms with Gasteiger partial charge in [-0.05, 0) is 25.4 Å². The minimum atomic E-state index is -0.697. The number of methoxy groups -OCH3 is 2. The SMILES string of the molecule is CCOC(=O)C1=C(N)COCC1.CCOC(=O)C1=C(NC(=O)CC(=O)OC)COCC1.COC(=O)CC(=O)Cl. The zero-order valence-corrected chi connectivity index (χ0v) is 23.2. The van der Waals surface area contributed by atoms with E-state index in [4.69, 9.17) is 36.3 Å². The Morgan fingerprint density at radius 2 is 1.31 bits per heavy atom. The molecule has 0 bridgehead atoms. The van der Waals surface area contributed by atoms with Gasteiger partial charge in [-0.2, -0.15) is 0 Å². The molecule has 0 unspecified atom stereocenters. The van der Waals surface area contributed by atoms with Crippen molar-refractivity contribution in [3.05, 3.63) is 22.5 Å². The molecule has 0 aromatic rings. The van der Waals surface area contributed by atoms with Crippen LogP contribution in [0, 0.1) is 0 Å². The van der Waals surface area contributed by atoms with E-state index in [9.17, 15) is 28.8 Å². The number of ether oxygens (including phenoxy) is 6.